The maximum atomic E-state index is 14.1. The molecule has 2 aliphatic rings. The van der Waals surface area contributed by atoms with Crippen molar-refractivity contribution < 1.29 is 52.7 Å². The molecule has 12 heteroatoms. The summed E-state index contributed by atoms with van der Waals surface area (Å²) in [7, 11) is 5.22. The van der Waals surface area contributed by atoms with E-state index in [0.29, 0.717) is 6.42 Å². The van der Waals surface area contributed by atoms with E-state index < -0.39 is 83.3 Å². The van der Waals surface area contributed by atoms with E-state index in [4.69, 9.17) is 28.4 Å². The van der Waals surface area contributed by atoms with Crippen molar-refractivity contribution in [3.63, 3.8) is 0 Å². The number of esters is 2. The number of hydrogen-bond donors (Lipinski definition) is 1. The van der Waals surface area contributed by atoms with Crippen LogP contribution in [0.25, 0.3) is 0 Å². The van der Waals surface area contributed by atoms with Gasteiger partial charge in [-0.1, -0.05) is 33.8 Å². The normalized spacial score (nSPS) is 41.2. The summed E-state index contributed by atoms with van der Waals surface area (Å²) in [6.07, 6.45) is -3.02. The van der Waals surface area contributed by atoms with Gasteiger partial charge in [0.2, 0.25) is 0 Å². The highest BCUT2D eigenvalue weighted by Crippen LogP contribution is 2.39. The molecule has 0 unspecified atom stereocenters. The molecule has 2 aliphatic heterocycles. The Morgan fingerprint density at radius 1 is 1.06 bits per heavy atom. The van der Waals surface area contributed by atoms with Crippen molar-refractivity contribution in [3.05, 3.63) is 12.7 Å². The van der Waals surface area contributed by atoms with Crippen LogP contribution in [0, 0.1) is 23.7 Å². The second-order valence-corrected chi connectivity index (χ2v) is 14.0. The molecule has 0 saturated carbocycles. The lowest BCUT2D eigenvalue weighted by Gasteiger charge is -2.47. The lowest BCUT2D eigenvalue weighted by Crippen LogP contribution is -2.60. The summed E-state index contributed by atoms with van der Waals surface area (Å²) in [5, 5.41) is 11.8. The summed E-state index contributed by atoms with van der Waals surface area (Å²) in [4.78, 5) is 55.9. The van der Waals surface area contributed by atoms with E-state index in [1.54, 1.807) is 34.6 Å². The monoisotopic (exact) mass is 669 g/mol. The average Bonchev–Trinajstić information content (AvgIpc) is 3.00. The lowest BCUT2D eigenvalue weighted by atomic mass is 9.74. The number of Topliss-reactive ketones (excluding diaryl/α,β-unsaturated/α-hetero) is 2. The molecule has 0 spiro atoms. The minimum Gasteiger partial charge on any atom is -0.459 e. The van der Waals surface area contributed by atoms with Crippen molar-refractivity contribution in [2.24, 2.45) is 23.7 Å². The first-order valence-electron chi connectivity index (χ1n) is 16.7. The summed E-state index contributed by atoms with van der Waals surface area (Å²) in [5.41, 5.74) is -3.05. The van der Waals surface area contributed by atoms with Gasteiger partial charge in [-0.25, -0.2) is 0 Å². The third-order valence-corrected chi connectivity index (χ3v) is 9.94. The van der Waals surface area contributed by atoms with Crippen LogP contribution in [0.4, 0.5) is 0 Å². The van der Waals surface area contributed by atoms with Crippen LogP contribution in [-0.4, -0.2) is 115 Å². The predicted molar refractivity (Wildman–Crippen MR) is 174 cm³/mol. The van der Waals surface area contributed by atoms with Gasteiger partial charge in [-0.05, 0) is 61.1 Å². The number of ether oxygens (including phenoxy) is 6. The molecule has 0 aromatic rings. The summed E-state index contributed by atoms with van der Waals surface area (Å²) in [5.74, 6) is -5.74. The third-order valence-electron chi connectivity index (χ3n) is 9.94. The number of carbonyl (C=O) groups is 4. The third kappa shape index (κ3) is 9.48. The highest BCUT2D eigenvalue weighted by atomic mass is 16.7. The maximum Gasteiger partial charge on any atom is 0.316 e. The number of rotatable bonds is 9. The zero-order valence-electron chi connectivity index (χ0n) is 30.4. The molecule has 2 heterocycles. The highest BCUT2D eigenvalue weighted by Gasteiger charge is 2.53. The first-order valence-corrected chi connectivity index (χ1v) is 16.7. The van der Waals surface area contributed by atoms with Crippen LogP contribution >= 0.6 is 0 Å². The van der Waals surface area contributed by atoms with Crippen molar-refractivity contribution in [3.8, 4) is 0 Å². The zero-order chi connectivity index (χ0) is 36.0. The topological polar surface area (TPSA) is 147 Å². The fourth-order valence-electron chi connectivity index (χ4n) is 7.21. The zero-order valence-corrected chi connectivity index (χ0v) is 30.4. The minimum atomic E-state index is -1.78. The summed E-state index contributed by atoms with van der Waals surface area (Å²) in [6.45, 7) is 18.4. The van der Waals surface area contributed by atoms with Crippen LogP contribution < -0.4 is 0 Å². The van der Waals surface area contributed by atoms with Crippen LogP contribution in [0.15, 0.2) is 12.7 Å². The van der Waals surface area contributed by atoms with Crippen LogP contribution in [-0.2, 0) is 47.6 Å². The van der Waals surface area contributed by atoms with Crippen LogP contribution in [0.2, 0.25) is 0 Å². The molecule has 0 amide bonds. The number of methoxy groups -OCH3 is 1. The van der Waals surface area contributed by atoms with Gasteiger partial charge in [0, 0.05) is 31.8 Å². The Bertz CT molecular complexity index is 1110. The number of likely N-dealkylation sites (N-methyl/N-ethyl adjacent to an activating group) is 1. The molecule has 0 bridgehead atoms. The van der Waals surface area contributed by atoms with Gasteiger partial charge < -0.3 is 38.4 Å². The fourth-order valence-corrected chi connectivity index (χ4v) is 7.21. The molecule has 0 radical (unpaired) electrons. The Kier molecular flexibility index (Phi) is 14.8. The second-order valence-electron chi connectivity index (χ2n) is 14.0. The molecule has 12 nitrogen and oxygen atoms in total. The number of ketones is 2. The molecule has 0 aromatic carbocycles. The highest BCUT2D eigenvalue weighted by molar-refractivity contribution is 6.00. The molecule has 2 saturated heterocycles. The molecule has 13 atom stereocenters. The number of cyclic esters (lactones) is 1. The Morgan fingerprint density at radius 3 is 2.17 bits per heavy atom. The molecular weight excluding hydrogens is 610 g/mol. The fraction of sp³-hybridized carbons (Fsp3) is 0.829. The molecular formula is C35H59NO11. The number of carbonyl (C=O) groups excluding carboxylic acids is 4. The molecule has 47 heavy (non-hydrogen) atoms. The van der Waals surface area contributed by atoms with E-state index in [2.05, 4.69) is 6.58 Å². The van der Waals surface area contributed by atoms with Crippen molar-refractivity contribution in [1.29, 1.82) is 0 Å². The van der Waals surface area contributed by atoms with Gasteiger partial charge in [0.25, 0.3) is 0 Å². The SMILES string of the molecule is C=CCO[C@@H]1[C@H](C)C(=O)[C@H](C)C[C@](C)(OC)[C@H](O[C@@H]2O[C@H](C)C[C@H](N(C)C)[C@H]2OC(C)=O)[C@@H](C)C(=O)[C@@H](C)C(=O)O[C@H](CC)[C@@]1(C)O. The predicted octanol–water partition coefficient (Wildman–Crippen LogP) is 3.50. The second kappa shape index (κ2) is 16.9. The Morgan fingerprint density at radius 2 is 1.66 bits per heavy atom. The molecule has 270 valence electrons. The summed E-state index contributed by atoms with van der Waals surface area (Å²) in [6, 6.07) is -0.257. The van der Waals surface area contributed by atoms with Crippen molar-refractivity contribution in [2.45, 2.75) is 136 Å². The van der Waals surface area contributed by atoms with Gasteiger partial charge >= 0.3 is 11.9 Å². The molecule has 2 fully saturated rings. The van der Waals surface area contributed by atoms with E-state index in [1.807, 2.05) is 25.9 Å². The quantitative estimate of drug-likeness (QED) is 0.218. The van der Waals surface area contributed by atoms with E-state index >= 15 is 0 Å². The molecule has 0 aromatic heterocycles. The van der Waals surface area contributed by atoms with Gasteiger partial charge in [-0.3, -0.25) is 19.2 Å². The molecule has 2 rings (SSSR count). The van der Waals surface area contributed by atoms with Gasteiger partial charge in [-0.15, -0.1) is 6.58 Å². The molecule has 1 N–H and O–H groups in total. The molecule has 0 aliphatic carbocycles. The van der Waals surface area contributed by atoms with E-state index in [1.165, 1.54) is 34.0 Å². The van der Waals surface area contributed by atoms with E-state index in [-0.39, 0.29) is 37.4 Å². The van der Waals surface area contributed by atoms with Crippen LogP contribution in [0.3, 0.4) is 0 Å². The largest absolute Gasteiger partial charge is 0.459 e. The van der Waals surface area contributed by atoms with E-state index in [9.17, 15) is 24.3 Å². The van der Waals surface area contributed by atoms with Crippen molar-refractivity contribution in [1.82, 2.24) is 4.90 Å². The van der Waals surface area contributed by atoms with Gasteiger partial charge in [0.15, 0.2) is 18.2 Å². The summed E-state index contributed by atoms with van der Waals surface area (Å²) >= 11 is 0. The Balaban J connectivity index is 2.72. The average molecular weight is 670 g/mol. The number of aliphatic hydroxyl groups is 1. The maximum absolute atomic E-state index is 14.1. The Labute approximate surface area is 280 Å². The Hall–Kier alpha value is -2.22. The number of nitrogens with zero attached hydrogens (tertiary/aromatic N) is 1. The van der Waals surface area contributed by atoms with Crippen molar-refractivity contribution >= 4 is 23.5 Å². The summed E-state index contributed by atoms with van der Waals surface area (Å²) < 4.78 is 36.5. The van der Waals surface area contributed by atoms with Crippen LogP contribution in [0.1, 0.15) is 81.6 Å². The van der Waals surface area contributed by atoms with E-state index in [0.717, 1.165) is 0 Å². The van der Waals surface area contributed by atoms with Gasteiger partial charge in [-0.2, -0.15) is 0 Å². The minimum absolute atomic E-state index is 0.0482. The van der Waals surface area contributed by atoms with Gasteiger partial charge in [0.05, 0.1) is 36.6 Å². The first-order chi connectivity index (χ1) is 21.8. The lowest BCUT2D eigenvalue weighted by molar-refractivity contribution is -0.298. The first kappa shape index (κ1) is 41.0. The smallest absolute Gasteiger partial charge is 0.316 e. The van der Waals surface area contributed by atoms with Crippen molar-refractivity contribution in [2.75, 3.05) is 27.8 Å². The van der Waals surface area contributed by atoms with Gasteiger partial charge in [0.1, 0.15) is 23.4 Å². The van der Waals surface area contributed by atoms with Crippen LogP contribution in [0.5, 0.6) is 0 Å². The number of hydrogen-bond acceptors (Lipinski definition) is 12. The standard InChI is InChI=1S/C35H59NO11/c1-14-16-43-31-21(5)27(38)19(3)18-34(9,42-13)30(22(6)28(39)23(7)32(40)46-26(15-2)35(31,10)41)47-33-29(45-24(8)37)25(36(11)12)17-20(4)44-33/h14,19-23,25-26,29-31,33,41H,1,15-18H2,2-13H3/t19-,20-,21-,22+,23-,25+,26-,29-,30-,31-,33+,34+,35-/m1/s1.